The summed E-state index contributed by atoms with van der Waals surface area (Å²) in [4.78, 5) is 7.73. The zero-order valence-corrected chi connectivity index (χ0v) is 10.4. The number of imidazole rings is 1. The molecular formula is C12H13F3N4. The lowest BCUT2D eigenvalue weighted by molar-refractivity contribution is -0.138. The number of hydrogen-bond acceptors (Lipinski definition) is 3. The maximum Gasteiger partial charge on any atom is 0.416 e. The predicted molar refractivity (Wildman–Crippen MR) is 63.3 cm³/mol. The van der Waals surface area contributed by atoms with Crippen molar-refractivity contribution in [2.75, 3.05) is 7.05 Å². The summed E-state index contributed by atoms with van der Waals surface area (Å²) in [5.74, 6) is 0. The lowest BCUT2D eigenvalue weighted by Crippen LogP contribution is -2.24. The normalized spacial score (nSPS) is 13.5. The third kappa shape index (κ3) is 2.60. The second kappa shape index (κ2) is 5.00. The highest BCUT2D eigenvalue weighted by atomic mass is 19.4. The molecule has 0 radical (unpaired) electrons. The van der Waals surface area contributed by atoms with Crippen molar-refractivity contribution in [3.8, 4) is 0 Å². The van der Waals surface area contributed by atoms with Gasteiger partial charge in [-0.15, -0.1) is 0 Å². The van der Waals surface area contributed by atoms with E-state index < -0.39 is 17.8 Å². The highest BCUT2D eigenvalue weighted by molar-refractivity contribution is 5.34. The van der Waals surface area contributed by atoms with Gasteiger partial charge >= 0.3 is 6.18 Å². The highest BCUT2D eigenvalue weighted by Crippen LogP contribution is 2.35. The molecule has 0 saturated heterocycles. The first kappa shape index (κ1) is 13.5. The number of rotatable bonds is 3. The van der Waals surface area contributed by atoms with Crippen LogP contribution in [0.3, 0.4) is 0 Å². The summed E-state index contributed by atoms with van der Waals surface area (Å²) in [5, 5.41) is 2.87. The van der Waals surface area contributed by atoms with Gasteiger partial charge in [-0.05, 0) is 13.1 Å². The Kier molecular flexibility index (Phi) is 3.57. The number of aromatic nitrogens is 3. The van der Waals surface area contributed by atoms with Gasteiger partial charge in [0.2, 0.25) is 0 Å². The topological polar surface area (TPSA) is 42.7 Å². The first-order valence-corrected chi connectivity index (χ1v) is 5.59. The molecule has 0 bridgehead atoms. The summed E-state index contributed by atoms with van der Waals surface area (Å²) in [6.45, 7) is 0. The van der Waals surface area contributed by atoms with Crippen LogP contribution in [0.4, 0.5) is 13.2 Å². The average molecular weight is 270 g/mol. The van der Waals surface area contributed by atoms with Crippen molar-refractivity contribution in [1.82, 2.24) is 19.9 Å². The maximum atomic E-state index is 13.0. The van der Waals surface area contributed by atoms with Gasteiger partial charge in [0.1, 0.15) is 0 Å². The summed E-state index contributed by atoms with van der Waals surface area (Å²) in [6.07, 6.45) is 1.04. The second-order valence-electron chi connectivity index (χ2n) is 4.11. The van der Waals surface area contributed by atoms with Crippen molar-refractivity contribution < 1.29 is 13.2 Å². The van der Waals surface area contributed by atoms with E-state index >= 15 is 0 Å². The van der Waals surface area contributed by atoms with Crippen LogP contribution in [-0.4, -0.2) is 21.6 Å². The summed E-state index contributed by atoms with van der Waals surface area (Å²) in [6, 6.07) is 0.369. The highest BCUT2D eigenvalue weighted by Gasteiger charge is 2.35. The van der Waals surface area contributed by atoms with Crippen molar-refractivity contribution in [2.24, 2.45) is 7.05 Å². The first-order chi connectivity index (χ1) is 8.95. The number of alkyl halides is 3. The molecule has 1 N–H and O–H groups in total. The SMILES string of the molecule is CNC(c1cnccc1C(F)(F)F)c1cncn1C. The van der Waals surface area contributed by atoms with E-state index in [9.17, 15) is 13.2 Å². The molecule has 2 heterocycles. The van der Waals surface area contributed by atoms with Crippen LogP contribution in [0, 0.1) is 0 Å². The number of pyridine rings is 1. The van der Waals surface area contributed by atoms with Gasteiger partial charge in [-0.1, -0.05) is 0 Å². The van der Waals surface area contributed by atoms with Crippen LogP contribution in [-0.2, 0) is 13.2 Å². The van der Waals surface area contributed by atoms with Gasteiger partial charge in [0.25, 0.3) is 0 Å². The fraction of sp³-hybridized carbons (Fsp3) is 0.333. The fourth-order valence-corrected chi connectivity index (χ4v) is 2.00. The molecule has 2 aromatic heterocycles. The minimum absolute atomic E-state index is 0.0844. The Hall–Kier alpha value is -1.89. The largest absolute Gasteiger partial charge is 0.416 e. The molecule has 1 unspecified atom stereocenters. The molecule has 0 aliphatic rings. The number of hydrogen-bond donors (Lipinski definition) is 1. The van der Waals surface area contributed by atoms with E-state index in [1.165, 1.54) is 12.4 Å². The standard InChI is InChI=1S/C12H13F3N4/c1-16-11(10-6-18-7-19(10)2)8-5-17-4-3-9(8)12(13,14)15/h3-7,11,16H,1-2H3. The van der Waals surface area contributed by atoms with E-state index in [1.54, 1.807) is 25.0 Å². The molecule has 102 valence electrons. The Morgan fingerprint density at radius 1 is 1.26 bits per heavy atom. The Bertz CT molecular complexity index is 562. The smallest absolute Gasteiger partial charge is 0.336 e. The van der Waals surface area contributed by atoms with Crippen LogP contribution in [0.2, 0.25) is 0 Å². The molecule has 0 aliphatic heterocycles. The van der Waals surface area contributed by atoms with E-state index in [0.29, 0.717) is 5.69 Å². The van der Waals surface area contributed by atoms with Crippen molar-refractivity contribution in [3.63, 3.8) is 0 Å². The van der Waals surface area contributed by atoms with E-state index in [-0.39, 0.29) is 5.56 Å². The minimum Gasteiger partial charge on any atom is -0.336 e. The fourth-order valence-electron chi connectivity index (χ4n) is 2.00. The monoisotopic (exact) mass is 270 g/mol. The Balaban J connectivity index is 2.54. The van der Waals surface area contributed by atoms with Crippen molar-refractivity contribution in [3.05, 3.63) is 47.8 Å². The van der Waals surface area contributed by atoms with Gasteiger partial charge < -0.3 is 9.88 Å². The van der Waals surface area contributed by atoms with E-state index in [1.807, 2.05) is 0 Å². The lowest BCUT2D eigenvalue weighted by atomic mass is 10.0. The molecule has 0 fully saturated rings. The zero-order valence-electron chi connectivity index (χ0n) is 10.4. The van der Waals surface area contributed by atoms with Gasteiger partial charge in [0, 0.05) is 25.0 Å². The van der Waals surface area contributed by atoms with Crippen molar-refractivity contribution in [1.29, 1.82) is 0 Å². The molecule has 4 nitrogen and oxygen atoms in total. The summed E-state index contributed by atoms with van der Waals surface area (Å²) in [5.41, 5.74) is 0.0325. The molecule has 0 amide bonds. The zero-order chi connectivity index (χ0) is 14.0. The molecule has 7 heteroatoms. The lowest BCUT2D eigenvalue weighted by Gasteiger charge is -2.21. The third-order valence-corrected chi connectivity index (χ3v) is 2.91. The molecule has 19 heavy (non-hydrogen) atoms. The molecule has 2 aromatic rings. The van der Waals surface area contributed by atoms with E-state index in [0.717, 1.165) is 12.3 Å². The van der Waals surface area contributed by atoms with Gasteiger partial charge in [-0.25, -0.2) is 4.98 Å². The second-order valence-corrected chi connectivity index (χ2v) is 4.11. The molecule has 0 aliphatic carbocycles. The van der Waals surface area contributed by atoms with Gasteiger partial charge in [0.15, 0.2) is 0 Å². The molecule has 0 saturated carbocycles. The molecule has 0 spiro atoms. The van der Waals surface area contributed by atoms with E-state index in [2.05, 4.69) is 15.3 Å². The van der Waals surface area contributed by atoms with Crippen LogP contribution >= 0.6 is 0 Å². The number of halogens is 3. The maximum absolute atomic E-state index is 13.0. The third-order valence-electron chi connectivity index (χ3n) is 2.91. The minimum atomic E-state index is -4.41. The van der Waals surface area contributed by atoms with Crippen LogP contribution < -0.4 is 5.32 Å². The number of nitrogens with zero attached hydrogens (tertiary/aromatic N) is 3. The van der Waals surface area contributed by atoms with Crippen LogP contribution in [0.1, 0.15) is 22.9 Å². The molecule has 2 rings (SSSR count). The number of nitrogens with one attached hydrogen (secondary N) is 1. The van der Waals surface area contributed by atoms with Crippen LogP contribution in [0.15, 0.2) is 31.0 Å². The van der Waals surface area contributed by atoms with Gasteiger partial charge in [-0.2, -0.15) is 13.2 Å². The van der Waals surface area contributed by atoms with Crippen molar-refractivity contribution in [2.45, 2.75) is 12.2 Å². The summed E-state index contributed by atoms with van der Waals surface area (Å²) < 4.78 is 40.7. The Morgan fingerprint density at radius 3 is 2.53 bits per heavy atom. The van der Waals surface area contributed by atoms with E-state index in [4.69, 9.17) is 0 Å². The van der Waals surface area contributed by atoms with Gasteiger partial charge in [-0.3, -0.25) is 4.98 Å². The summed E-state index contributed by atoms with van der Waals surface area (Å²) in [7, 11) is 3.33. The van der Waals surface area contributed by atoms with Crippen molar-refractivity contribution >= 4 is 0 Å². The quantitative estimate of drug-likeness (QED) is 0.929. The number of aryl methyl sites for hydroxylation is 1. The average Bonchev–Trinajstić information content (AvgIpc) is 2.76. The van der Waals surface area contributed by atoms with Gasteiger partial charge in [0.05, 0.1) is 29.8 Å². The summed E-state index contributed by atoms with van der Waals surface area (Å²) >= 11 is 0. The first-order valence-electron chi connectivity index (χ1n) is 5.59. The van der Waals surface area contributed by atoms with Crippen LogP contribution in [0.5, 0.6) is 0 Å². The Labute approximate surface area is 108 Å². The van der Waals surface area contributed by atoms with Crippen LogP contribution in [0.25, 0.3) is 0 Å². The molecule has 0 aromatic carbocycles. The predicted octanol–water partition coefficient (Wildman–Crippen LogP) is 2.14. The molecular weight excluding hydrogens is 257 g/mol. The molecule has 1 atom stereocenters. The Morgan fingerprint density at radius 2 is 2.00 bits per heavy atom.